The van der Waals surface area contributed by atoms with Crippen LogP contribution in [0.2, 0.25) is 0 Å². The Balaban J connectivity index is 1.50. The average Bonchev–Trinajstić information content (AvgIpc) is 3.20. The van der Waals surface area contributed by atoms with E-state index >= 15 is 0 Å². The lowest BCUT2D eigenvalue weighted by Crippen LogP contribution is -2.51. The monoisotopic (exact) mass is 345 g/mol. The van der Waals surface area contributed by atoms with Gasteiger partial charge in [-0.3, -0.25) is 0 Å². The minimum atomic E-state index is -0.101. The van der Waals surface area contributed by atoms with Gasteiger partial charge in [-0.25, -0.2) is 4.79 Å². The Hall–Kier alpha value is -1.59. The van der Waals surface area contributed by atoms with Crippen LogP contribution in [-0.4, -0.2) is 55.4 Å². The van der Waals surface area contributed by atoms with Crippen molar-refractivity contribution in [2.75, 3.05) is 27.2 Å². The maximum atomic E-state index is 12.4. The third kappa shape index (κ3) is 4.33. The Labute approximate surface area is 150 Å². The van der Waals surface area contributed by atoms with E-state index in [1.54, 1.807) is 0 Å². The molecule has 2 fully saturated rings. The van der Waals surface area contributed by atoms with E-state index in [0.29, 0.717) is 18.4 Å². The molecular weight excluding hydrogens is 314 g/mol. The number of carbonyl (C=O) groups excluding carboxylic acids is 1. The molecule has 5 nitrogen and oxygen atoms in total. The highest BCUT2D eigenvalue weighted by molar-refractivity contribution is 5.74. The summed E-state index contributed by atoms with van der Waals surface area (Å²) in [5, 5.41) is 15.8. The largest absolute Gasteiger partial charge is 0.396 e. The Bertz CT molecular complexity index is 563. The van der Waals surface area contributed by atoms with E-state index in [-0.39, 0.29) is 30.6 Å². The molecule has 0 radical (unpaired) electrons. The smallest absolute Gasteiger partial charge is 0.315 e. The highest BCUT2D eigenvalue weighted by Gasteiger charge is 2.47. The van der Waals surface area contributed by atoms with Crippen molar-refractivity contribution in [3.63, 3.8) is 0 Å². The van der Waals surface area contributed by atoms with E-state index in [2.05, 4.69) is 27.7 Å². The van der Waals surface area contributed by atoms with Gasteiger partial charge < -0.3 is 20.6 Å². The van der Waals surface area contributed by atoms with Crippen molar-refractivity contribution in [3.8, 4) is 0 Å². The van der Waals surface area contributed by atoms with E-state index in [9.17, 15) is 9.90 Å². The molecule has 2 saturated carbocycles. The van der Waals surface area contributed by atoms with Gasteiger partial charge in [0, 0.05) is 31.2 Å². The molecule has 5 heteroatoms. The first-order valence-electron chi connectivity index (χ1n) is 9.44. The fraction of sp³-hybridized carbons (Fsp3) is 0.650. The molecule has 0 spiro atoms. The summed E-state index contributed by atoms with van der Waals surface area (Å²) in [6.45, 7) is 0.790. The number of fused-ring (bicyclic) bond motifs is 2. The van der Waals surface area contributed by atoms with Crippen molar-refractivity contribution in [2.45, 2.75) is 37.8 Å². The lowest BCUT2D eigenvalue weighted by Gasteiger charge is -2.31. The third-order valence-corrected chi connectivity index (χ3v) is 6.14. The number of benzene rings is 1. The minimum absolute atomic E-state index is 0.101. The zero-order valence-corrected chi connectivity index (χ0v) is 15.3. The van der Waals surface area contributed by atoms with Crippen LogP contribution in [0.15, 0.2) is 30.3 Å². The zero-order valence-electron chi connectivity index (χ0n) is 15.3. The Morgan fingerprint density at radius 2 is 1.96 bits per heavy atom. The molecule has 0 aromatic heterocycles. The Morgan fingerprint density at radius 3 is 2.64 bits per heavy atom. The van der Waals surface area contributed by atoms with Crippen LogP contribution in [-0.2, 0) is 6.42 Å². The first-order chi connectivity index (χ1) is 12.1. The molecule has 3 N–H and O–H groups in total. The number of nitrogens with one attached hydrogen (secondary N) is 2. The molecule has 2 bridgehead atoms. The summed E-state index contributed by atoms with van der Waals surface area (Å²) in [6.07, 6.45) is 4.45. The molecule has 0 heterocycles. The second-order valence-electron chi connectivity index (χ2n) is 7.87. The van der Waals surface area contributed by atoms with Crippen LogP contribution < -0.4 is 10.6 Å². The second kappa shape index (κ2) is 8.19. The van der Waals surface area contributed by atoms with Gasteiger partial charge >= 0.3 is 6.03 Å². The molecule has 3 rings (SSSR count). The summed E-state index contributed by atoms with van der Waals surface area (Å²) in [5.74, 6) is 1.37. The zero-order chi connectivity index (χ0) is 17.8. The third-order valence-electron chi connectivity index (χ3n) is 6.14. The summed E-state index contributed by atoms with van der Waals surface area (Å²) in [6, 6.07) is 10.6. The fourth-order valence-corrected chi connectivity index (χ4v) is 4.63. The van der Waals surface area contributed by atoms with Gasteiger partial charge in [-0.05, 0) is 57.2 Å². The van der Waals surface area contributed by atoms with Crippen molar-refractivity contribution >= 4 is 6.03 Å². The summed E-state index contributed by atoms with van der Waals surface area (Å²) in [7, 11) is 4.09. The van der Waals surface area contributed by atoms with Crippen LogP contribution in [0.3, 0.4) is 0 Å². The molecule has 2 aliphatic rings. The van der Waals surface area contributed by atoms with Crippen molar-refractivity contribution in [1.82, 2.24) is 15.5 Å². The van der Waals surface area contributed by atoms with E-state index in [1.165, 1.54) is 18.4 Å². The molecule has 1 aromatic rings. The first-order valence-corrected chi connectivity index (χ1v) is 9.44. The molecule has 2 amide bonds. The lowest BCUT2D eigenvalue weighted by atomic mass is 9.85. The number of aliphatic hydroxyl groups excluding tert-OH is 1. The maximum Gasteiger partial charge on any atom is 0.315 e. The minimum Gasteiger partial charge on any atom is -0.396 e. The van der Waals surface area contributed by atoms with Crippen LogP contribution in [0.4, 0.5) is 4.79 Å². The lowest BCUT2D eigenvalue weighted by molar-refractivity contribution is 0.144. The normalized spacial score (nSPS) is 29.0. The van der Waals surface area contributed by atoms with Crippen LogP contribution in [0.5, 0.6) is 0 Å². The van der Waals surface area contributed by atoms with Gasteiger partial charge in [0.05, 0.1) is 0 Å². The predicted molar refractivity (Wildman–Crippen MR) is 99.4 cm³/mol. The summed E-state index contributed by atoms with van der Waals surface area (Å²) >= 11 is 0. The maximum absolute atomic E-state index is 12.4. The number of hydrogen-bond donors (Lipinski definition) is 3. The van der Waals surface area contributed by atoms with E-state index in [0.717, 1.165) is 12.8 Å². The standard InChI is InChI=1S/C20H31N3O2/c1-23(2)17(10-14-6-4-3-5-7-14)12-21-20(25)22-19-16-9-8-15(11-16)18(19)13-24/h3-7,15-19,24H,8-13H2,1-2H3,(H2,21,22,25). The quantitative estimate of drug-likeness (QED) is 0.707. The van der Waals surface area contributed by atoms with Gasteiger partial charge in [-0.15, -0.1) is 0 Å². The molecule has 138 valence electrons. The van der Waals surface area contributed by atoms with Gasteiger partial charge in [0.1, 0.15) is 0 Å². The fourth-order valence-electron chi connectivity index (χ4n) is 4.63. The van der Waals surface area contributed by atoms with Gasteiger partial charge in [0.2, 0.25) is 0 Å². The molecule has 0 aliphatic heterocycles. The number of rotatable bonds is 7. The topological polar surface area (TPSA) is 64.6 Å². The van der Waals surface area contributed by atoms with Gasteiger partial charge in [0.15, 0.2) is 0 Å². The van der Waals surface area contributed by atoms with E-state index in [4.69, 9.17) is 0 Å². The molecular formula is C20H31N3O2. The first kappa shape index (κ1) is 18.2. The average molecular weight is 345 g/mol. The molecule has 25 heavy (non-hydrogen) atoms. The van der Waals surface area contributed by atoms with Gasteiger partial charge in [-0.1, -0.05) is 30.3 Å². The van der Waals surface area contributed by atoms with E-state index < -0.39 is 0 Å². The second-order valence-corrected chi connectivity index (χ2v) is 7.87. The predicted octanol–water partition coefficient (Wildman–Crippen LogP) is 1.87. The highest BCUT2D eigenvalue weighted by atomic mass is 16.3. The Morgan fingerprint density at radius 1 is 1.24 bits per heavy atom. The number of carbonyl (C=O) groups is 1. The van der Waals surface area contributed by atoms with Crippen LogP contribution >= 0.6 is 0 Å². The number of nitrogens with zero attached hydrogens (tertiary/aromatic N) is 1. The highest BCUT2D eigenvalue weighted by Crippen LogP contribution is 2.48. The van der Waals surface area contributed by atoms with Crippen molar-refractivity contribution in [3.05, 3.63) is 35.9 Å². The van der Waals surface area contributed by atoms with Crippen molar-refractivity contribution in [1.29, 1.82) is 0 Å². The van der Waals surface area contributed by atoms with Gasteiger partial charge in [-0.2, -0.15) is 0 Å². The molecule has 1 aromatic carbocycles. The van der Waals surface area contributed by atoms with Crippen molar-refractivity contribution < 1.29 is 9.90 Å². The SMILES string of the molecule is CN(C)C(CNC(=O)NC1C2CCC(C2)C1CO)Cc1ccccc1. The van der Waals surface area contributed by atoms with E-state index in [1.807, 2.05) is 32.3 Å². The number of hydrogen-bond acceptors (Lipinski definition) is 3. The molecule has 5 atom stereocenters. The summed E-state index contributed by atoms with van der Waals surface area (Å²) < 4.78 is 0. The number of urea groups is 1. The number of aliphatic hydroxyl groups is 1. The number of amides is 2. The summed E-state index contributed by atoms with van der Waals surface area (Å²) in [5.41, 5.74) is 1.27. The molecule has 5 unspecified atom stereocenters. The van der Waals surface area contributed by atoms with Crippen LogP contribution in [0.1, 0.15) is 24.8 Å². The Kier molecular flexibility index (Phi) is 5.97. The molecule has 2 aliphatic carbocycles. The van der Waals surface area contributed by atoms with Crippen LogP contribution in [0.25, 0.3) is 0 Å². The summed E-state index contributed by atoms with van der Waals surface area (Å²) in [4.78, 5) is 14.5. The van der Waals surface area contributed by atoms with Crippen LogP contribution in [0, 0.1) is 17.8 Å². The number of likely N-dealkylation sites (N-methyl/N-ethyl adjacent to an activating group) is 1. The van der Waals surface area contributed by atoms with Crippen molar-refractivity contribution in [2.24, 2.45) is 17.8 Å². The molecule has 0 saturated heterocycles. The van der Waals surface area contributed by atoms with Gasteiger partial charge in [0.25, 0.3) is 0 Å².